The van der Waals surface area contributed by atoms with Crippen molar-refractivity contribution in [3.8, 4) is 5.75 Å². The lowest BCUT2D eigenvalue weighted by atomic mass is 10.2. The number of carbonyl (C=O) groups is 1. The van der Waals surface area contributed by atoms with Crippen molar-refractivity contribution in [3.63, 3.8) is 0 Å². The number of hydrogen-bond acceptors (Lipinski definition) is 4. The largest absolute Gasteiger partial charge is 0.488 e. The molecule has 0 aliphatic carbocycles. The average molecular weight is 301 g/mol. The molecule has 112 valence electrons. The number of ether oxygens (including phenoxy) is 1. The number of rotatable bonds is 7. The van der Waals surface area contributed by atoms with Crippen molar-refractivity contribution in [1.82, 2.24) is 4.98 Å². The normalized spacial score (nSPS) is 12.9. The molecule has 1 atom stereocenters. The number of pyridine rings is 1. The predicted molar refractivity (Wildman–Crippen MR) is 76.4 cm³/mol. The molecule has 2 N–H and O–H groups in total. The van der Waals surface area contributed by atoms with Crippen LogP contribution in [0.15, 0.2) is 17.1 Å². The van der Waals surface area contributed by atoms with Gasteiger partial charge in [-0.15, -0.1) is 0 Å². The molecule has 1 rings (SSSR count). The van der Waals surface area contributed by atoms with E-state index < -0.39 is 21.5 Å². The van der Waals surface area contributed by atoms with E-state index in [2.05, 4.69) is 4.98 Å². The first-order chi connectivity index (χ1) is 9.28. The average Bonchev–Trinajstić information content (AvgIpc) is 2.37. The number of H-pyrrole nitrogens is 1. The number of aromatic nitrogens is 1. The Morgan fingerprint density at radius 3 is 2.65 bits per heavy atom. The van der Waals surface area contributed by atoms with E-state index in [-0.39, 0.29) is 16.9 Å². The zero-order valence-corrected chi connectivity index (χ0v) is 12.6. The molecule has 0 saturated heterocycles. The van der Waals surface area contributed by atoms with Crippen molar-refractivity contribution in [2.75, 3.05) is 6.61 Å². The van der Waals surface area contributed by atoms with Gasteiger partial charge in [0.15, 0.2) is 5.75 Å². The molecule has 0 aliphatic heterocycles. The summed E-state index contributed by atoms with van der Waals surface area (Å²) in [5, 5.41) is 9.00. The Morgan fingerprint density at radius 1 is 1.50 bits per heavy atom. The quantitative estimate of drug-likeness (QED) is 0.790. The van der Waals surface area contributed by atoms with Gasteiger partial charge in [0, 0.05) is 28.8 Å². The van der Waals surface area contributed by atoms with Gasteiger partial charge in [-0.2, -0.15) is 0 Å². The van der Waals surface area contributed by atoms with Gasteiger partial charge in [0.25, 0.3) is 0 Å². The maximum Gasteiger partial charge on any atom is 0.321 e. The second-order valence-corrected chi connectivity index (χ2v) is 6.84. The minimum atomic E-state index is -1.64. The van der Waals surface area contributed by atoms with Crippen molar-refractivity contribution in [2.24, 2.45) is 0 Å². The van der Waals surface area contributed by atoms with Crippen LogP contribution in [0.5, 0.6) is 5.75 Å². The van der Waals surface area contributed by atoms with Crippen LogP contribution >= 0.6 is 0 Å². The molecule has 6 nitrogen and oxygen atoms in total. The minimum absolute atomic E-state index is 0.0252. The number of aliphatic carboxylic acids is 1. The molecule has 0 aromatic carbocycles. The van der Waals surface area contributed by atoms with E-state index in [1.807, 2.05) is 6.92 Å². The molecule has 20 heavy (non-hydrogen) atoms. The summed E-state index contributed by atoms with van der Waals surface area (Å²) < 4.78 is 15.9. The summed E-state index contributed by atoms with van der Waals surface area (Å²) >= 11 is 0. The molecule has 0 fully saturated rings. The van der Waals surface area contributed by atoms with Gasteiger partial charge < -0.3 is 14.8 Å². The Morgan fingerprint density at radius 2 is 2.15 bits per heavy atom. The highest BCUT2D eigenvalue weighted by Crippen LogP contribution is 2.17. The summed E-state index contributed by atoms with van der Waals surface area (Å²) in [6, 6.07) is 1.29. The number of nitrogens with one attached hydrogen (secondary N) is 1. The Bertz CT molecular complexity index is 564. The highest BCUT2D eigenvalue weighted by atomic mass is 32.2. The number of aromatic amines is 1. The molecular weight excluding hydrogens is 282 g/mol. The molecule has 0 saturated carbocycles. The Balaban J connectivity index is 2.85. The predicted octanol–water partition coefficient (Wildman–Crippen LogP) is 1.28. The van der Waals surface area contributed by atoms with E-state index in [1.165, 1.54) is 26.1 Å². The fraction of sp³-hybridized carbons (Fsp3) is 0.538. The third-order valence-electron chi connectivity index (χ3n) is 2.77. The summed E-state index contributed by atoms with van der Waals surface area (Å²) in [5.74, 6) is -0.956. The molecule has 7 heteroatoms. The van der Waals surface area contributed by atoms with E-state index in [0.29, 0.717) is 12.3 Å². The molecule has 1 aromatic rings. The molecule has 1 heterocycles. The van der Waals surface area contributed by atoms with Gasteiger partial charge in [-0.25, -0.2) is 0 Å². The summed E-state index contributed by atoms with van der Waals surface area (Å²) in [7, 11) is -1.64. The van der Waals surface area contributed by atoms with Crippen molar-refractivity contribution >= 4 is 16.8 Å². The van der Waals surface area contributed by atoms with E-state index in [9.17, 15) is 13.8 Å². The molecule has 0 aliphatic rings. The third-order valence-corrected chi connectivity index (χ3v) is 4.66. The van der Waals surface area contributed by atoms with Crippen LogP contribution in [0.25, 0.3) is 0 Å². The maximum atomic E-state index is 12.0. The second-order valence-electron chi connectivity index (χ2n) is 4.84. The number of carboxylic acids is 1. The first-order valence-corrected chi connectivity index (χ1v) is 7.57. The maximum absolute atomic E-state index is 12.0. The SMILES string of the molecule is CCCOc1c[nH]c(CS(=O)C(C)(C)C(=O)O)cc1=O. The first kappa shape index (κ1) is 16.4. The fourth-order valence-corrected chi connectivity index (χ4v) is 2.33. The molecule has 1 unspecified atom stereocenters. The summed E-state index contributed by atoms with van der Waals surface area (Å²) in [4.78, 5) is 25.6. The summed E-state index contributed by atoms with van der Waals surface area (Å²) in [6.45, 7) is 5.16. The van der Waals surface area contributed by atoms with Crippen molar-refractivity contribution < 1.29 is 18.8 Å². The fourth-order valence-electron chi connectivity index (χ4n) is 1.33. The van der Waals surface area contributed by atoms with E-state index in [4.69, 9.17) is 9.84 Å². The van der Waals surface area contributed by atoms with Crippen LogP contribution in [0.1, 0.15) is 32.9 Å². The van der Waals surface area contributed by atoms with Crippen molar-refractivity contribution in [2.45, 2.75) is 37.7 Å². The van der Waals surface area contributed by atoms with E-state index in [0.717, 1.165) is 6.42 Å². The Labute approximate surface area is 119 Å². The van der Waals surface area contributed by atoms with Crippen molar-refractivity contribution in [1.29, 1.82) is 0 Å². The summed E-state index contributed by atoms with van der Waals surface area (Å²) in [6.07, 6.45) is 2.20. The molecule has 0 radical (unpaired) electrons. The van der Waals surface area contributed by atoms with Gasteiger partial charge in [0.1, 0.15) is 4.75 Å². The van der Waals surface area contributed by atoms with E-state index >= 15 is 0 Å². The van der Waals surface area contributed by atoms with Crippen LogP contribution in [-0.4, -0.2) is 31.6 Å². The van der Waals surface area contributed by atoms with Crippen LogP contribution in [0.3, 0.4) is 0 Å². The highest BCUT2D eigenvalue weighted by molar-refractivity contribution is 7.86. The molecule has 1 aromatic heterocycles. The van der Waals surface area contributed by atoms with Crippen molar-refractivity contribution in [3.05, 3.63) is 28.2 Å². The lowest BCUT2D eigenvalue weighted by Crippen LogP contribution is -2.37. The van der Waals surface area contributed by atoms with Gasteiger partial charge in [0.05, 0.1) is 12.4 Å². The minimum Gasteiger partial charge on any atom is -0.488 e. The smallest absolute Gasteiger partial charge is 0.321 e. The van der Waals surface area contributed by atoms with Crippen LogP contribution in [-0.2, 0) is 21.3 Å². The third kappa shape index (κ3) is 3.93. The Hall–Kier alpha value is -1.63. The molecular formula is C13H19NO5S. The standard InChI is InChI=1S/C13H19NO5S/c1-4-5-19-11-7-14-9(6-10(11)15)8-20(18)13(2,3)12(16)17/h6-7H,4-5,8H2,1-3H3,(H,14,15)(H,16,17). The topological polar surface area (TPSA) is 96.5 Å². The van der Waals surface area contributed by atoms with E-state index in [1.54, 1.807) is 0 Å². The number of hydrogen-bond donors (Lipinski definition) is 2. The van der Waals surface area contributed by atoms with Crippen LogP contribution in [0, 0.1) is 0 Å². The lowest BCUT2D eigenvalue weighted by Gasteiger charge is -2.18. The molecule has 0 bridgehead atoms. The molecule has 0 amide bonds. The highest BCUT2D eigenvalue weighted by Gasteiger charge is 2.34. The van der Waals surface area contributed by atoms with Crippen LogP contribution in [0.2, 0.25) is 0 Å². The van der Waals surface area contributed by atoms with Gasteiger partial charge in [-0.05, 0) is 20.3 Å². The summed E-state index contributed by atoms with van der Waals surface area (Å²) in [5.41, 5.74) is 0.115. The second kappa shape index (κ2) is 6.69. The molecule has 0 spiro atoms. The van der Waals surface area contributed by atoms with Gasteiger partial charge in [-0.3, -0.25) is 13.8 Å². The monoisotopic (exact) mass is 301 g/mol. The Kier molecular flexibility index (Phi) is 5.50. The van der Waals surface area contributed by atoms with Gasteiger partial charge in [0.2, 0.25) is 5.43 Å². The lowest BCUT2D eigenvalue weighted by molar-refractivity contribution is -0.139. The van der Waals surface area contributed by atoms with Gasteiger partial charge >= 0.3 is 5.97 Å². The first-order valence-electron chi connectivity index (χ1n) is 6.25. The zero-order valence-electron chi connectivity index (χ0n) is 11.8. The van der Waals surface area contributed by atoms with Gasteiger partial charge in [-0.1, -0.05) is 6.92 Å². The van der Waals surface area contributed by atoms with Crippen LogP contribution < -0.4 is 10.2 Å². The number of carboxylic acid groups (broad SMARTS) is 1. The van der Waals surface area contributed by atoms with Crippen LogP contribution in [0.4, 0.5) is 0 Å². The zero-order chi connectivity index (χ0) is 15.3.